The summed E-state index contributed by atoms with van der Waals surface area (Å²) < 4.78 is 1.42. The van der Waals surface area contributed by atoms with Gasteiger partial charge in [0, 0.05) is 9.58 Å². The molecule has 0 bridgehead atoms. The van der Waals surface area contributed by atoms with Gasteiger partial charge < -0.3 is 0 Å². The minimum Gasteiger partial charge on any atom is -0.140 e. The summed E-state index contributed by atoms with van der Waals surface area (Å²) in [6.07, 6.45) is 2.46. The number of aryl methyl sites for hydroxylation is 1. The van der Waals surface area contributed by atoms with Crippen molar-refractivity contribution in [1.82, 2.24) is 0 Å². The fraction of sp³-hybridized carbons (Fsp3) is 0.273. The van der Waals surface area contributed by atoms with Crippen molar-refractivity contribution >= 4 is 21.4 Å². The number of thiophene rings is 1. The molecule has 0 aliphatic carbocycles. The zero-order valence-corrected chi connectivity index (χ0v) is 8.03. The minimum absolute atomic E-state index is 1.22. The van der Waals surface area contributed by atoms with E-state index in [4.69, 9.17) is 0 Å². The van der Waals surface area contributed by atoms with Crippen molar-refractivity contribution in [1.29, 1.82) is 0 Å². The molecule has 0 nitrogen and oxygen atoms in total. The van der Waals surface area contributed by atoms with Gasteiger partial charge in [0.2, 0.25) is 0 Å². The fourth-order valence-corrected chi connectivity index (χ4v) is 2.57. The van der Waals surface area contributed by atoms with Gasteiger partial charge in [-0.3, -0.25) is 0 Å². The first kappa shape index (κ1) is 7.81. The van der Waals surface area contributed by atoms with Crippen LogP contribution >= 0.6 is 11.3 Å². The summed E-state index contributed by atoms with van der Waals surface area (Å²) in [5, 5.41) is 1.39. The molecular weight excluding hydrogens is 164 g/mol. The fourth-order valence-electron chi connectivity index (χ4n) is 1.41. The molecule has 12 heavy (non-hydrogen) atoms. The van der Waals surface area contributed by atoms with Gasteiger partial charge in [-0.1, -0.05) is 31.5 Å². The number of rotatable bonds is 2. The van der Waals surface area contributed by atoms with E-state index in [9.17, 15) is 0 Å². The summed E-state index contributed by atoms with van der Waals surface area (Å²) in [5.41, 5.74) is 0. The highest BCUT2D eigenvalue weighted by molar-refractivity contribution is 7.19. The van der Waals surface area contributed by atoms with Crippen molar-refractivity contribution in [3.8, 4) is 0 Å². The standard InChI is InChI=1S/C11H12S/c1-2-5-10-8-9-6-3-4-7-11(9)12-10/h3-4,6-8H,2,5H2,1H3. The second-order valence-corrected chi connectivity index (χ2v) is 4.17. The van der Waals surface area contributed by atoms with Crippen LogP contribution in [0.5, 0.6) is 0 Å². The Kier molecular flexibility index (Phi) is 2.13. The normalized spacial score (nSPS) is 10.8. The molecule has 0 spiro atoms. The molecular formula is C11H12S. The van der Waals surface area contributed by atoms with E-state index in [1.165, 1.54) is 27.8 Å². The second-order valence-electron chi connectivity index (χ2n) is 3.00. The minimum atomic E-state index is 1.22. The van der Waals surface area contributed by atoms with Crippen molar-refractivity contribution in [2.24, 2.45) is 0 Å². The molecule has 0 aliphatic heterocycles. The first-order valence-corrected chi connectivity index (χ1v) is 5.19. The Morgan fingerprint density at radius 2 is 2.08 bits per heavy atom. The molecule has 0 unspecified atom stereocenters. The maximum absolute atomic E-state index is 2.31. The summed E-state index contributed by atoms with van der Waals surface area (Å²) in [5.74, 6) is 0. The summed E-state index contributed by atoms with van der Waals surface area (Å²) >= 11 is 1.92. The van der Waals surface area contributed by atoms with E-state index in [0.29, 0.717) is 0 Å². The zero-order valence-electron chi connectivity index (χ0n) is 7.21. The lowest BCUT2D eigenvalue weighted by molar-refractivity contribution is 0.941. The highest BCUT2D eigenvalue weighted by atomic mass is 32.1. The average Bonchev–Trinajstić information content (AvgIpc) is 2.47. The van der Waals surface area contributed by atoms with Crippen LogP contribution in [0.15, 0.2) is 30.3 Å². The Hall–Kier alpha value is -0.820. The first-order chi connectivity index (χ1) is 5.90. The summed E-state index contributed by atoms with van der Waals surface area (Å²) in [6.45, 7) is 2.23. The van der Waals surface area contributed by atoms with Gasteiger partial charge in [-0.05, 0) is 23.9 Å². The molecule has 0 aliphatic rings. The van der Waals surface area contributed by atoms with Crippen molar-refractivity contribution < 1.29 is 0 Å². The molecule has 62 valence electrons. The first-order valence-electron chi connectivity index (χ1n) is 4.37. The van der Waals surface area contributed by atoms with Crippen molar-refractivity contribution in [3.05, 3.63) is 35.2 Å². The molecule has 1 aromatic carbocycles. The van der Waals surface area contributed by atoms with Crippen LogP contribution in [-0.2, 0) is 6.42 Å². The van der Waals surface area contributed by atoms with Crippen LogP contribution in [0.1, 0.15) is 18.2 Å². The van der Waals surface area contributed by atoms with Crippen molar-refractivity contribution in [2.45, 2.75) is 19.8 Å². The molecule has 1 heteroatoms. The summed E-state index contributed by atoms with van der Waals surface area (Å²) in [4.78, 5) is 1.51. The SMILES string of the molecule is CCCc1cc2ccccc2s1. The summed E-state index contributed by atoms with van der Waals surface area (Å²) in [7, 11) is 0. The van der Waals surface area contributed by atoms with Gasteiger partial charge in [-0.2, -0.15) is 0 Å². The zero-order chi connectivity index (χ0) is 8.39. The third-order valence-corrected chi connectivity index (χ3v) is 3.15. The van der Waals surface area contributed by atoms with Crippen LogP contribution < -0.4 is 0 Å². The predicted molar refractivity (Wildman–Crippen MR) is 55.8 cm³/mol. The van der Waals surface area contributed by atoms with Crippen LogP contribution in [0.25, 0.3) is 10.1 Å². The molecule has 1 heterocycles. The van der Waals surface area contributed by atoms with Gasteiger partial charge in [0.15, 0.2) is 0 Å². The second kappa shape index (κ2) is 3.28. The molecule has 0 saturated heterocycles. The molecule has 0 radical (unpaired) electrons. The average molecular weight is 176 g/mol. The highest BCUT2D eigenvalue weighted by Gasteiger charge is 1.98. The quantitative estimate of drug-likeness (QED) is 0.652. The van der Waals surface area contributed by atoms with Crippen LogP contribution in [-0.4, -0.2) is 0 Å². The Labute approximate surface area is 76.8 Å². The van der Waals surface area contributed by atoms with E-state index >= 15 is 0 Å². The van der Waals surface area contributed by atoms with Crippen LogP contribution in [0.2, 0.25) is 0 Å². The van der Waals surface area contributed by atoms with Gasteiger partial charge in [0.05, 0.1) is 0 Å². The van der Waals surface area contributed by atoms with Gasteiger partial charge >= 0.3 is 0 Å². The van der Waals surface area contributed by atoms with Gasteiger partial charge in [-0.25, -0.2) is 0 Å². The molecule has 2 aromatic rings. The Bertz CT molecular complexity index is 340. The molecule has 1 aromatic heterocycles. The molecule has 2 rings (SSSR count). The lowest BCUT2D eigenvalue weighted by atomic mass is 10.2. The van der Waals surface area contributed by atoms with E-state index in [1.54, 1.807) is 0 Å². The van der Waals surface area contributed by atoms with Crippen molar-refractivity contribution in [2.75, 3.05) is 0 Å². The highest BCUT2D eigenvalue weighted by Crippen LogP contribution is 2.25. The smallest absolute Gasteiger partial charge is 0.0345 e. The van der Waals surface area contributed by atoms with E-state index in [2.05, 4.69) is 37.3 Å². The van der Waals surface area contributed by atoms with E-state index < -0.39 is 0 Å². The van der Waals surface area contributed by atoms with Crippen LogP contribution in [0.4, 0.5) is 0 Å². The van der Waals surface area contributed by atoms with Crippen molar-refractivity contribution in [3.63, 3.8) is 0 Å². The van der Waals surface area contributed by atoms with E-state index in [0.717, 1.165) is 0 Å². The monoisotopic (exact) mass is 176 g/mol. The third-order valence-electron chi connectivity index (χ3n) is 1.97. The Morgan fingerprint density at radius 1 is 1.25 bits per heavy atom. The van der Waals surface area contributed by atoms with Gasteiger partial charge in [-0.15, -0.1) is 11.3 Å². The number of benzene rings is 1. The number of fused-ring (bicyclic) bond motifs is 1. The largest absolute Gasteiger partial charge is 0.140 e. The van der Waals surface area contributed by atoms with Gasteiger partial charge in [0.1, 0.15) is 0 Å². The molecule has 0 saturated carbocycles. The predicted octanol–water partition coefficient (Wildman–Crippen LogP) is 3.85. The van der Waals surface area contributed by atoms with E-state index in [1.807, 2.05) is 11.3 Å². The third kappa shape index (κ3) is 1.37. The maximum Gasteiger partial charge on any atom is 0.0345 e. The maximum atomic E-state index is 2.31. The molecule has 0 amide bonds. The van der Waals surface area contributed by atoms with Crippen LogP contribution in [0.3, 0.4) is 0 Å². The molecule has 0 atom stereocenters. The number of hydrogen-bond donors (Lipinski definition) is 0. The number of hydrogen-bond acceptors (Lipinski definition) is 1. The summed E-state index contributed by atoms with van der Waals surface area (Å²) in [6, 6.07) is 10.9. The lowest BCUT2D eigenvalue weighted by Gasteiger charge is -1.86. The molecule has 0 N–H and O–H groups in total. The molecule has 0 fully saturated rings. The Balaban J connectivity index is 2.47. The lowest BCUT2D eigenvalue weighted by Crippen LogP contribution is -1.71. The van der Waals surface area contributed by atoms with Gasteiger partial charge in [0.25, 0.3) is 0 Å². The van der Waals surface area contributed by atoms with Crippen LogP contribution in [0, 0.1) is 0 Å². The topological polar surface area (TPSA) is 0 Å². The van der Waals surface area contributed by atoms with E-state index in [-0.39, 0.29) is 0 Å². The Morgan fingerprint density at radius 3 is 2.83 bits per heavy atom.